The van der Waals surface area contributed by atoms with Crippen LogP contribution in [-0.4, -0.2) is 96.7 Å². The van der Waals surface area contributed by atoms with Crippen LogP contribution in [0.15, 0.2) is 0 Å². The molecule has 0 aromatic heterocycles. The Morgan fingerprint density at radius 1 is 0.290 bits per heavy atom. The van der Waals surface area contributed by atoms with Crippen LogP contribution in [0.25, 0.3) is 0 Å². The summed E-state index contributed by atoms with van der Waals surface area (Å²) in [6, 6.07) is 0. The Hall–Kier alpha value is -1.94. The van der Waals surface area contributed by atoms with E-state index in [1.54, 1.807) is 0 Å². The van der Waals surface area contributed by atoms with Gasteiger partial charge in [0.15, 0.2) is 12.2 Å². The number of carbonyl (C=O) groups is 4. The highest BCUT2D eigenvalue weighted by molar-refractivity contribution is 7.47. The van der Waals surface area contributed by atoms with Gasteiger partial charge in [-0.15, -0.1) is 0 Å². The smallest absolute Gasteiger partial charge is 0.462 e. The number of hydrogen-bond donors (Lipinski definition) is 3. The molecule has 3 N–H and O–H groups in total. The normalized spacial score (nSPS) is 14.1. The van der Waals surface area contributed by atoms with Gasteiger partial charge >= 0.3 is 39.5 Å². The highest BCUT2D eigenvalue weighted by Crippen LogP contribution is 2.45. The van der Waals surface area contributed by atoms with Crippen LogP contribution >= 0.6 is 15.6 Å². The lowest BCUT2D eigenvalue weighted by Gasteiger charge is -2.21. The maximum atomic E-state index is 13.1. The Balaban J connectivity index is 5.17. The maximum Gasteiger partial charge on any atom is 0.472 e. The average Bonchev–Trinajstić information content (AvgIpc) is 3.47. The zero-order valence-electron chi connectivity index (χ0n) is 60.6. The van der Waals surface area contributed by atoms with Crippen molar-refractivity contribution in [1.29, 1.82) is 0 Å². The maximum absolute atomic E-state index is 13.1. The molecule has 0 spiro atoms. The van der Waals surface area contributed by atoms with E-state index in [2.05, 4.69) is 41.5 Å². The minimum absolute atomic E-state index is 0.103. The van der Waals surface area contributed by atoms with E-state index in [0.717, 1.165) is 102 Å². The monoisotopic (exact) mass is 1370 g/mol. The van der Waals surface area contributed by atoms with E-state index in [4.69, 9.17) is 37.0 Å². The lowest BCUT2D eigenvalue weighted by atomic mass is 10.0. The van der Waals surface area contributed by atoms with Gasteiger partial charge in [0.05, 0.1) is 26.4 Å². The number of aliphatic hydroxyl groups excluding tert-OH is 1. The first-order chi connectivity index (χ1) is 44.9. The molecule has 2 unspecified atom stereocenters. The molecule has 0 saturated carbocycles. The number of aliphatic hydroxyl groups is 1. The molecule has 0 aliphatic heterocycles. The minimum Gasteiger partial charge on any atom is -0.462 e. The first-order valence-corrected chi connectivity index (χ1v) is 41.5. The predicted octanol–water partition coefficient (Wildman–Crippen LogP) is 21.6. The first-order valence-electron chi connectivity index (χ1n) is 38.5. The number of carbonyl (C=O) groups excluding carboxylic acids is 4. The third-order valence-electron chi connectivity index (χ3n) is 17.2. The third kappa shape index (κ3) is 68.4. The summed E-state index contributed by atoms with van der Waals surface area (Å²) in [5, 5.41) is 10.6. The first kappa shape index (κ1) is 91.1. The molecule has 0 saturated heterocycles. The second-order valence-electron chi connectivity index (χ2n) is 27.6. The molecule has 0 rings (SSSR count). The minimum atomic E-state index is -4.95. The molecule has 93 heavy (non-hydrogen) atoms. The van der Waals surface area contributed by atoms with E-state index in [1.165, 1.54) is 193 Å². The molecule has 0 aromatic carbocycles. The fourth-order valence-electron chi connectivity index (χ4n) is 11.3. The Kier molecular flexibility index (Phi) is 64.6. The van der Waals surface area contributed by atoms with Crippen molar-refractivity contribution in [3.63, 3.8) is 0 Å². The van der Waals surface area contributed by atoms with Crippen molar-refractivity contribution in [3.8, 4) is 0 Å². The van der Waals surface area contributed by atoms with E-state index >= 15 is 0 Å². The van der Waals surface area contributed by atoms with Crippen molar-refractivity contribution >= 4 is 39.5 Å². The zero-order chi connectivity index (χ0) is 68.6. The van der Waals surface area contributed by atoms with Crippen molar-refractivity contribution < 1.29 is 80.2 Å². The Labute approximate surface area is 568 Å². The molecular formula is C74H144O17P2. The zero-order valence-corrected chi connectivity index (χ0v) is 62.3. The lowest BCUT2D eigenvalue weighted by Crippen LogP contribution is -2.30. The number of phosphoric acid groups is 2. The van der Waals surface area contributed by atoms with Gasteiger partial charge in [0.2, 0.25) is 0 Å². The molecule has 17 nitrogen and oxygen atoms in total. The van der Waals surface area contributed by atoms with Gasteiger partial charge in [-0.3, -0.25) is 37.3 Å². The topological polar surface area (TPSA) is 237 Å². The van der Waals surface area contributed by atoms with E-state index in [-0.39, 0.29) is 25.7 Å². The molecule has 0 heterocycles. The standard InChI is InChI=1S/C74H144O17P2/c1-7-9-11-13-15-17-18-19-20-21-22-23-24-25-26-27-30-34-40-46-52-58-73(78)90-69(63-85-72(77)57-51-45-39-33-31-28-29-32-36-42-48-54-66(3)4)64-88-92(80,81)86-60-68(75)61-87-93(82,83)89-65-70(62-84-71(76)56-50-44-38-16-14-12-10-8-2)91-74(79)59-53-47-41-35-37-43-49-55-67(5)6/h66-70,75H,7-65H2,1-6H3,(H,80,81)(H,82,83)/t68-,69-,70-/m1/s1. The summed E-state index contributed by atoms with van der Waals surface area (Å²) in [6.45, 7) is 9.49. The van der Waals surface area contributed by atoms with Gasteiger partial charge in [0.1, 0.15) is 19.3 Å². The number of esters is 4. The van der Waals surface area contributed by atoms with Gasteiger partial charge in [-0.2, -0.15) is 0 Å². The average molecular weight is 1370 g/mol. The molecular weight excluding hydrogens is 1220 g/mol. The van der Waals surface area contributed by atoms with Gasteiger partial charge < -0.3 is 33.8 Å². The summed E-state index contributed by atoms with van der Waals surface area (Å²) < 4.78 is 68.3. The molecule has 0 aliphatic rings. The summed E-state index contributed by atoms with van der Waals surface area (Å²) >= 11 is 0. The Bertz CT molecular complexity index is 1800. The van der Waals surface area contributed by atoms with Crippen LogP contribution in [0.5, 0.6) is 0 Å². The van der Waals surface area contributed by atoms with E-state index in [1.807, 2.05) is 0 Å². The molecule has 5 atom stereocenters. The van der Waals surface area contributed by atoms with Crippen molar-refractivity contribution in [3.05, 3.63) is 0 Å². The Morgan fingerprint density at radius 3 is 0.731 bits per heavy atom. The number of unbranched alkanes of at least 4 members (excludes halogenated alkanes) is 43. The molecule has 0 radical (unpaired) electrons. The SMILES string of the molecule is CCCCCCCCCCCCCCCCCCCCCCCC(=O)O[C@H](COC(=O)CCCCCCCCCCCCCC(C)C)COP(=O)(O)OC[C@@H](O)COP(=O)(O)OC[C@@H](COC(=O)CCCCCCCCCC)OC(=O)CCCCCCCCCC(C)C. The van der Waals surface area contributed by atoms with Crippen LogP contribution in [0.4, 0.5) is 0 Å². The fraction of sp³-hybridized carbons (Fsp3) is 0.946. The summed E-state index contributed by atoms with van der Waals surface area (Å²) in [5.74, 6) is -0.658. The molecule has 19 heteroatoms. The van der Waals surface area contributed by atoms with E-state index in [9.17, 15) is 43.2 Å². The van der Waals surface area contributed by atoms with E-state index < -0.39 is 97.5 Å². The van der Waals surface area contributed by atoms with Crippen molar-refractivity contribution in [1.82, 2.24) is 0 Å². The summed E-state index contributed by atoms with van der Waals surface area (Å²) in [6.07, 6.45) is 53.1. The van der Waals surface area contributed by atoms with Crippen LogP contribution in [0, 0.1) is 11.8 Å². The molecule has 0 fully saturated rings. The highest BCUT2D eigenvalue weighted by atomic mass is 31.2. The molecule has 552 valence electrons. The molecule has 0 aliphatic carbocycles. The van der Waals surface area contributed by atoms with Crippen molar-refractivity contribution in [2.45, 2.75) is 400 Å². The van der Waals surface area contributed by atoms with Crippen LogP contribution in [-0.2, 0) is 65.4 Å². The van der Waals surface area contributed by atoms with Crippen molar-refractivity contribution in [2.24, 2.45) is 11.8 Å². The largest absolute Gasteiger partial charge is 0.472 e. The molecule has 0 amide bonds. The number of rotatable bonds is 73. The summed E-state index contributed by atoms with van der Waals surface area (Å²) in [4.78, 5) is 72.6. The number of phosphoric ester groups is 2. The highest BCUT2D eigenvalue weighted by Gasteiger charge is 2.30. The summed E-state index contributed by atoms with van der Waals surface area (Å²) in [7, 11) is -9.90. The second kappa shape index (κ2) is 66.0. The quantitative estimate of drug-likeness (QED) is 0.0222. The predicted molar refractivity (Wildman–Crippen MR) is 377 cm³/mol. The Morgan fingerprint density at radius 2 is 0.495 bits per heavy atom. The van der Waals surface area contributed by atoms with Gasteiger partial charge in [-0.25, -0.2) is 9.13 Å². The number of ether oxygens (including phenoxy) is 4. The number of hydrogen-bond acceptors (Lipinski definition) is 15. The van der Waals surface area contributed by atoms with Crippen LogP contribution in [0.2, 0.25) is 0 Å². The van der Waals surface area contributed by atoms with Crippen molar-refractivity contribution in [2.75, 3.05) is 39.6 Å². The third-order valence-corrected chi connectivity index (χ3v) is 19.1. The van der Waals surface area contributed by atoms with Gasteiger partial charge in [-0.05, 0) is 37.5 Å². The van der Waals surface area contributed by atoms with Crippen LogP contribution in [0.3, 0.4) is 0 Å². The fourth-order valence-corrected chi connectivity index (χ4v) is 12.9. The molecule has 0 bridgehead atoms. The summed E-state index contributed by atoms with van der Waals surface area (Å²) in [5.41, 5.74) is 0. The molecule has 0 aromatic rings. The van der Waals surface area contributed by atoms with Gasteiger partial charge in [0.25, 0.3) is 0 Å². The van der Waals surface area contributed by atoms with Gasteiger partial charge in [-0.1, -0.05) is 330 Å². The second-order valence-corrected chi connectivity index (χ2v) is 30.5. The van der Waals surface area contributed by atoms with Gasteiger partial charge in [0, 0.05) is 25.7 Å². The van der Waals surface area contributed by atoms with Crippen LogP contribution in [0.1, 0.15) is 382 Å². The van der Waals surface area contributed by atoms with E-state index in [0.29, 0.717) is 31.6 Å². The lowest BCUT2D eigenvalue weighted by molar-refractivity contribution is -0.161. The van der Waals surface area contributed by atoms with Crippen LogP contribution < -0.4 is 0 Å².